The van der Waals surface area contributed by atoms with Crippen LogP contribution in [0, 0.1) is 17.2 Å². The lowest BCUT2D eigenvalue weighted by Gasteiger charge is -2.27. The number of aryl methyl sites for hydroxylation is 1. The van der Waals surface area contributed by atoms with E-state index in [0.29, 0.717) is 34.9 Å². The molecule has 0 N–H and O–H groups in total. The van der Waals surface area contributed by atoms with E-state index < -0.39 is 12.1 Å². The fraction of sp³-hybridized carbons (Fsp3) is 0.286. The number of hydrogen-bond acceptors (Lipinski definition) is 5. The van der Waals surface area contributed by atoms with Crippen LogP contribution in [0.5, 0.6) is 5.75 Å². The van der Waals surface area contributed by atoms with Crippen molar-refractivity contribution in [3.63, 3.8) is 0 Å². The number of nitrogens with zero attached hydrogens (tertiary/aromatic N) is 4. The number of nitriles is 1. The van der Waals surface area contributed by atoms with Gasteiger partial charge >= 0.3 is 6.36 Å². The van der Waals surface area contributed by atoms with Gasteiger partial charge in [0.05, 0.1) is 21.9 Å². The number of halogens is 4. The standard InChI is InChI=1S/C21H16ClF3N4O2/c1-28-17-6-4-13(10-26)27-20(17)18(9-19(28)30)29(11-12-2-3-12)16-7-5-14(8-15(16)22)31-21(23,24)25/h4-9,12H,2-3,11H2,1H3. The van der Waals surface area contributed by atoms with Crippen LogP contribution >= 0.6 is 11.6 Å². The second-order valence-corrected chi connectivity index (χ2v) is 7.73. The van der Waals surface area contributed by atoms with E-state index in [4.69, 9.17) is 11.6 Å². The molecule has 0 bridgehead atoms. The van der Waals surface area contributed by atoms with Gasteiger partial charge < -0.3 is 14.2 Å². The van der Waals surface area contributed by atoms with Crippen LogP contribution in [0.15, 0.2) is 41.2 Å². The fourth-order valence-electron chi connectivity index (χ4n) is 3.37. The highest BCUT2D eigenvalue weighted by atomic mass is 35.5. The summed E-state index contributed by atoms with van der Waals surface area (Å²) in [6.07, 6.45) is -2.86. The van der Waals surface area contributed by atoms with Gasteiger partial charge in [0.25, 0.3) is 5.56 Å². The summed E-state index contributed by atoms with van der Waals surface area (Å²) < 4.78 is 43.0. The van der Waals surface area contributed by atoms with Crippen molar-refractivity contribution >= 4 is 34.0 Å². The molecule has 0 atom stereocenters. The first-order chi connectivity index (χ1) is 14.7. The molecule has 0 saturated heterocycles. The average molecular weight is 449 g/mol. The smallest absolute Gasteiger partial charge is 0.406 e. The van der Waals surface area contributed by atoms with Crippen molar-refractivity contribution in [2.24, 2.45) is 13.0 Å². The van der Waals surface area contributed by atoms with Crippen LogP contribution in [0.3, 0.4) is 0 Å². The van der Waals surface area contributed by atoms with Gasteiger partial charge in [0.15, 0.2) is 0 Å². The third-order valence-corrected chi connectivity index (χ3v) is 5.36. The Bertz CT molecular complexity index is 1260. The molecule has 0 amide bonds. The molecule has 3 aromatic rings. The molecule has 31 heavy (non-hydrogen) atoms. The maximum absolute atomic E-state index is 12.6. The predicted molar refractivity (Wildman–Crippen MR) is 110 cm³/mol. The van der Waals surface area contributed by atoms with Crippen LogP contribution in [0.1, 0.15) is 18.5 Å². The minimum atomic E-state index is -4.84. The second kappa shape index (κ2) is 7.78. The molecule has 0 spiro atoms. The first-order valence-electron chi connectivity index (χ1n) is 9.40. The number of aromatic nitrogens is 2. The number of ether oxygens (including phenoxy) is 1. The van der Waals surface area contributed by atoms with Crippen LogP contribution in [0.4, 0.5) is 24.5 Å². The highest BCUT2D eigenvalue weighted by molar-refractivity contribution is 6.33. The molecule has 2 aromatic heterocycles. The van der Waals surface area contributed by atoms with E-state index in [9.17, 15) is 23.2 Å². The summed E-state index contributed by atoms with van der Waals surface area (Å²) in [5.74, 6) is -0.0910. The van der Waals surface area contributed by atoms with Crippen LogP contribution in [-0.4, -0.2) is 22.5 Å². The van der Waals surface area contributed by atoms with E-state index in [-0.39, 0.29) is 16.3 Å². The SMILES string of the molecule is Cn1c(=O)cc(N(CC2CC2)c2ccc(OC(F)(F)F)cc2Cl)c2nc(C#N)ccc21. The molecular weight excluding hydrogens is 433 g/mol. The molecular formula is C21H16ClF3N4O2. The highest BCUT2D eigenvalue weighted by Gasteiger charge is 2.32. The molecule has 0 radical (unpaired) electrons. The largest absolute Gasteiger partial charge is 0.573 e. The Kier molecular flexibility index (Phi) is 5.27. The summed E-state index contributed by atoms with van der Waals surface area (Å²) in [5.41, 5.74) is 1.70. The van der Waals surface area contributed by atoms with E-state index >= 15 is 0 Å². The van der Waals surface area contributed by atoms with Crippen molar-refractivity contribution in [1.82, 2.24) is 9.55 Å². The number of rotatable bonds is 5. The van der Waals surface area contributed by atoms with Gasteiger partial charge in [0, 0.05) is 25.7 Å². The molecule has 0 unspecified atom stereocenters. The highest BCUT2D eigenvalue weighted by Crippen LogP contribution is 2.41. The number of alkyl halides is 3. The lowest BCUT2D eigenvalue weighted by atomic mass is 10.1. The molecule has 1 saturated carbocycles. The summed E-state index contributed by atoms with van der Waals surface area (Å²) in [4.78, 5) is 18.8. The van der Waals surface area contributed by atoms with E-state index in [1.807, 2.05) is 6.07 Å². The topological polar surface area (TPSA) is 71.2 Å². The molecule has 2 heterocycles. The van der Waals surface area contributed by atoms with Crippen LogP contribution in [0.25, 0.3) is 11.0 Å². The molecule has 1 aliphatic rings. The zero-order chi connectivity index (χ0) is 22.3. The van der Waals surface area contributed by atoms with Gasteiger partial charge in [-0.3, -0.25) is 4.79 Å². The van der Waals surface area contributed by atoms with Crippen molar-refractivity contribution < 1.29 is 17.9 Å². The van der Waals surface area contributed by atoms with Gasteiger partial charge in [-0.15, -0.1) is 13.2 Å². The van der Waals surface area contributed by atoms with Gasteiger partial charge in [-0.2, -0.15) is 5.26 Å². The molecule has 160 valence electrons. The summed E-state index contributed by atoms with van der Waals surface area (Å²) >= 11 is 6.34. The molecule has 6 nitrogen and oxygen atoms in total. The Labute approximate surface area is 180 Å². The number of anilines is 2. The first kappa shape index (κ1) is 21.0. The number of pyridine rings is 2. The van der Waals surface area contributed by atoms with Gasteiger partial charge in [0.1, 0.15) is 23.0 Å². The Morgan fingerprint density at radius 2 is 2.00 bits per heavy atom. The van der Waals surface area contributed by atoms with E-state index in [2.05, 4.69) is 9.72 Å². The maximum atomic E-state index is 12.6. The lowest BCUT2D eigenvalue weighted by molar-refractivity contribution is -0.274. The fourth-order valence-corrected chi connectivity index (χ4v) is 3.64. The van der Waals surface area contributed by atoms with Crippen molar-refractivity contribution in [3.8, 4) is 11.8 Å². The van der Waals surface area contributed by atoms with Crippen molar-refractivity contribution in [1.29, 1.82) is 5.26 Å². The molecule has 1 aromatic carbocycles. The number of fused-ring (bicyclic) bond motifs is 1. The molecule has 1 aliphatic carbocycles. The van der Waals surface area contributed by atoms with Crippen LogP contribution in [0.2, 0.25) is 5.02 Å². The summed E-state index contributed by atoms with van der Waals surface area (Å²) in [6, 6.07) is 10.2. The predicted octanol–water partition coefficient (Wildman–Crippen LogP) is 4.91. The Hall–Kier alpha value is -3.25. The van der Waals surface area contributed by atoms with Crippen molar-refractivity contribution in [2.75, 3.05) is 11.4 Å². The van der Waals surface area contributed by atoms with Crippen molar-refractivity contribution in [2.45, 2.75) is 19.2 Å². The minimum Gasteiger partial charge on any atom is -0.406 e. The summed E-state index contributed by atoms with van der Waals surface area (Å²) in [5, 5.41) is 9.30. The normalized spacial score (nSPS) is 13.8. The summed E-state index contributed by atoms with van der Waals surface area (Å²) in [6.45, 7) is 0.500. The number of benzene rings is 1. The Balaban J connectivity index is 1.88. The lowest BCUT2D eigenvalue weighted by Crippen LogP contribution is -2.25. The van der Waals surface area contributed by atoms with Gasteiger partial charge in [0.2, 0.25) is 0 Å². The van der Waals surface area contributed by atoms with Crippen LogP contribution < -0.4 is 15.2 Å². The molecule has 0 aliphatic heterocycles. The Morgan fingerprint density at radius 3 is 2.61 bits per heavy atom. The number of hydrogen-bond donors (Lipinski definition) is 0. The first-order valence-corrected chi connectivity index (χ1v) is 9.78. The second-order valence-electron chi connectivity index (χ2n) is 7.32. The summed E-state index contributed by atoms with van der Waals surface area (Å²) in [7, 11) is 1.60. The van der Waals surface area contributed by atoms with E-state index in [0.717, 1.165) is 18.9 Å². The Morgan fingerprint density at radius 1 is 1.26 bits per heavy atom. The van der Waals surface area contributed by atoms with Gasteiger partial charge in [-0.25, -0.2) is 4.98 Å². The van der Waals surface area contributed by atoms with Crippen molar-refractivity contribution in [3.05, 3.63) is 57.5 Å². The third-order valence-electron chi connectivity index (χ3n) is 5.06. The maximum Gasteiger partial charge on any atom is 0.573 e. The third kappa shape index (κ3) is 4.44. The zero-order valence-corrected chi connectivity index (χ0v) is 17.0. The van der Waals surface area contributed by atoms with Gasteiger partial charge in [-0.1, -0.05) is 11.6 Å². The minimum absolute atomic E-state index is 0.0349. The zero-order valence-electron chi connectivity index (χ0n) is 16.3. The van der Waals surface area contributed by atoms with Gasteiger partial charge in [-0.05, 0) is 43.0 Å². The average Bonchev–Trinajstić information content (AvgIpc) is 3.52. The molecule has 1 fully saturated rings. The monoisotopic (exact) mass is 448 g/mol. The van der Waals surface area contributed by atoms with E-state index in [1.165, 1.54) is 28.8 Å². The molecule has 10 heteroatoms. The quantitative estimate of drug-likeness (QED) is 0.555. The van der Waals surface area contributed by atoms with Crippen LogP contribution in [-0.2, 0) is 7.05 Å². The van der Waals surface area contributed by atoms with E-state index in [1.54, 1.807) is 18.0 Å². The molecule has 4 rings (SSSR count).